The zero-order valence-corrected chi connectivity index (χ0v) is 15.1. The van der Waals surface area contributed by atoms with Crippen LogP contribution in [0, 0.1) is 5.92 Å². The van der Waals surface area contributed by atoms with Crippen LogP contribution in [-0.2, 0) is 10.0 Å². The number of carbonyl (C=O) groups is 1. The maximum Gasteiger partial charge on any atom is 0.263 e. The first-order valence-electron chi connectivity index (χ1n) is 7.41. The predicted octanol–water partition coefficient (Wildman–Crippen LogP) is 1.26. The standard InChI is InChI=1S/C14H19ClN2O4S2/c1-23(20,21)17-7-5-14(19)4-6-16(8-10(14)9-17)13(18)11-2-3-12(15)22-11/h2-3,10,19H,4-9H2,1H3/t10-,14-/m1/s1. The van der Waals surface area contributed by atoms with Gasteiger partial charge >= 0.3 is 0 Å². The van der Waals surface area contributed by atoms with Crippen molar-refractivity contribution in [1.82, 2.24) is 9.21 Å². The number of carbonyl (C=O) groups excluding carboxylic acids is 1. The quantitative estimate of drug-likeness (QED) is 0.840. The third kappa shape index (κ3) is 3.41. The summed E-state index contributed by atoms with van der Waals surface area (Å²) in [5.74, 6) is -0.375. The highest BCUT2D eigenvalue weighted by atomic mass is 35.5. The van der Waals surface area contributed by atoms with E-state index in [4.69, 9.17) is 11.6 Å². The lowest BCUT2D eigenvalue weighted by Gasteiger charge is -2.49. The van der Waals surface area contributed by atoms with E-state index in [1.807, 2.05) is 0 Å². The van der Waals surface area contributed by atoms with Gasteiger partial charge in [0.05, 0.1) is 21.1 Å². The highest BCUT2D eigenvalue weighted by Gasteiger charge is 2.47. The number of sulfonamides is 1. The molecule has 0 aliphatic carbocycles. The zero-order chi connectivity index (χ0) is 16.8. The smallest absolute Gasteiger partial charge is 0.263 e. The lowest BCUT2D eigenvalue weighted by molar-refractivity contribution is -0.0945. The second kappa shape index (κ2) is 6.00. The average Bonchev–Trinajstić information content (AvgIpc) is 2.90. The molecule has 0 radical (unpaired) electrons. The molecule has 128 valence electrons. The van der Waals surface area contributed by atoms with E-state index >= 15 is 0 Å². The molecule has 0 bridgehead atoms. The van der Waals surface area contributed by atoms with Gasteiger partial charge in [0.2, 0.25) is 10.0 Å². The minimum atomic E-state index is -3.29. The lowest BCUT2D eigenvalue weighted by Crippen LogP contribution is -2.61. The van der Waals surface area contributed by atoms with Crippen LogP contribution in [0.25, 0.3) is 0 Å². The first kappa shape index (κ1) is 17.2. The Labute approximate surface area is 144 Å². The van der Waals surface area contributed by atoms with Gasteiger partial charge < -0.3 is 10.0 Å². The molecule has 1 aromatic rings. The van der Waals surface area contributed by atoms with Gasteiger partial charge in [-0.05, 0) is 25.0 Å². The summed E-state index contributed by atoms with van der Waals surface area (Å²) >= 11 is 7.11. The summed E-state index contributed by atoms with van der Waals surface area (Å²) in [4.78, 5) is 14.8. The molecule has 2 aliphatic rings. The number of piperidine rings is 2. The van der Waals surface area contributed by atoms with Crippen molar-refractivity contribution in [2.75, 3.05) is 32.4 Å². The summed E-state index contributed by atoms with van der Waals surface area (Å²) in [6.45, 7) is 1.42. The van der Waals surface area contributed by atoms with Crippen LogP contribution in [0.15, 0.2) is 12.1 Å². The van der Waals surface area contributed by atoms with Crippen LogP contribution in [-0.4, -0.2) is 66.7 Å². The van der Waals surface area contributed by atoms with Crippen molar-refractivity contribution >= 4 is 38.9 Å². The minimum Gasteiger partial charge on any atom is -0.389 e. The van der Waals surface area contributed by atoms with E-state index in [1.54, 1.807) is 17.0 Å². The molecule has 2 aliphatic heterocycles. The molecule has 3 heterocycles. The van der Waals surface area contributed by atoms with E-state index in [9.17, 15) is 18.3 Å². The van der Waals surface area contributed by atoms with Crippen LogP contribution in [0.3, 0.4) is 0 Å². The fourth-order valence-electron chi connectivity index (χ4n) is 3.34. The molecule has 2 atom stereocenters. The third-order valence-corrected chi connectivity index (χ3v) is 7.26. The normalized spacial score (nSPS) is 29.3. The van der Waals surface area contributed by atoms with Crippen molar-refractivity contribution < 1.29 is 18.3 Å². The Bertz CT molecular complexity index is 720. The summed E-state index contributed by atoms with van der Waals surface area (Å²) in [7, 11) is -3.29. The predicted molar refractivity (Wildman–Crippen MR) is 89.3 cm³/mol. The summed E-state index contributed by atoms with van der Waals surface area (Å²) in [6, 6.07) is 3.38. The van der Waals surface area contributed by atoms with E-state index in [0.717, 1.165) is 0 Å². The van der Waals surface area contributed by atoms with E-state index in [2.05, 4.69) is 0 Å². The number of rotatable bonds is 2. The second-order valence-corrected chi connectivity index (χ2v) is 9.97. The van der Waals surface area contributed by atoms with Gasteiger partial charge in [-0.2, -0.15) is 0 Å². The molecule has 23 heavy (non-hydrogen) atoms. The van der Waals surface area contributed by atoms with E-state index in [1.165, 1.54) is 21.9 Å². The van der Waals surface area contributed by atoms with Crippen LogP contribution >= 0.6 is 22.9 Å². The van der Waals surface area contributed by atoms with Crippen LogP contribution in [0.5, 0.6) is 0 Å². The number of aliphatic hydroxyl groups is 1. The Hall–Kier alpha value is -0.670. The molecule has 1 aromatic heterocycles. The van der Waals surface area contributed by atoms with Crippen molar-refractivity contribution in [3.8, 4) is 0 Å². The average molecular weight is 379 g/mol. The highest BCUT2D eigenvalue weighted by molar-refractivity contribution is 7.88. The third-order valence-electron chi connectivity index (χ3n) is 4.77. The lowest BCUT2D eigenvalue weighted by atomic mass is 9.76. The van der Waals surface area contributed by atoms with Crippen LogP contribution in [0.1, 0.15) is 22.5 Å². The Morgan fingerprint density at radius 3 is 2.65 bits per heavy atom. The maximum atomic E-state index is 12.5. The molecule has 1 N–H and O–H groups in total. The molecular formula is C14H19ClN2O4S2. The summed E-state index contributed by atoms with van der Waals surface area (Å²) in [5.41, 5.74) is -0.884. The number of likely N-dealkylation sites (tertiary alicyclic amines) is 1. The fourth-order valence-corrected chi connectivity index (χ4v) is 5.23. The van der Waals surface area contributed by atoms with Crippen LogP contribution < -0.4 is 0 Å². The molecular weight excluding hydrogens is 360 g/mol. The minimum absolute atomic E-state index is 0.111. The maximum absolute atomic E-state index is 12.5. The fraction of sp³-hybridized carbons (Fsp3) is 0.643. The molecule has 0 spiro atoms. The largest absolute Gasteiger partial charge is 0.389 e. The number of thiophene rings is 1. The molecule has 0 saturated carbocycles. The number of nitrogens with zero attached hydrogens (tertiary/aromatic N) is 2. The van der Waals surface area contributed by atoms with Crippen molar-refractivity contribution in [3.05, 3.63) is 21.3 Å². The number of hydrogen-bond donors (Lipinski definition) is 1. The molecule has 6 nitrogen and oxygen atoms in total. The first-order valence-corrected chi connectivity index (χ1v) is 10.5. The summed E-state index contributed by atoms with van der Waals surface area (Å²) in [5, 5.41) is 10.8. The van der Waals surface area contributed by atoms with Crippen molar-refractivity contribution in [1.29, 1.82) is 0 Å². The van der Waals surface area contributed by atoms with Crippen LogP contribution in [0.2, 0.25) is 4.34 Å². The van der Waals surface area contributed by atoms with Gasteiger partial charge in [-0.15, -0.1) is 11.3 Å². The Morgan fingerprint density at radius 1 is 1.35 bits per heavy atom. The topological polar surface area (TPSA) is 77.9 Å². The molecule has 2 fully saturated rings. The summed E-state index contributed by atoms with van der Waals surface area (Å²) in [6.07, 6.45) is 2.06. The summed E-state index contributed by atoms with van der Waals surface area (Å²) < 4.78 is 25.5. The van der Waals surface area contributed by atoms with Gasteiger partial charge in [0.15, 0.2) is 0 Å². The van der Waals surface area contributed by atoms with Gasteiger partial charge in [-0.25, -0.2) is 12.7 Å². The first-order chi connectivity index (χ1) is 10.7. The number of hydrogen-bond acceptors (Lipinski definition) is 5. The zero-order valence-electron chi connectivity index (χ0n) is 12.7. The van der Waals surface area contributed by atoms with Crippen molar-refractivity contribution in [2.24, 2.45) is 5.92 Å². The van der Waals surface area contributed by atoms with Gasteiger partial charge in [-0.1, -0.05) is 11.6 Å². The number of halogens is 1. The Kier molecular flexibility index (Phi) is 4.48. The second-order valence-electron chi connectivity index (χ2n) is 6.28. The highest BCUT2D eigenvalue weighted by Crippen LogP contribution is 2.37. The monoisotopic (exact) mass is 378 g/mol. The van der Waals surface area contributed by atoms with Crippen LogP contribution in [0.4, 0.5) is 0 Å². The van der Waals surface area contributed by atoms with Crippen molar-refractivity contribution in [3.63, 3.8) is 0 Å². The molecule has 0 aromatic carbocycles. The van der Waals surface area contributed by atoms with Crippen molar-refractivity contribution in [2.45, 2.75) is 18.4 Å². The molecule has 1 amide bonds. The van der Waals surface area contributed by atoms with Gasteiger partial charge in [0.1, 0.15) is 0 Å². The molecule has 0 unspecified atom stereocenters. The van der Waals surface area contributed by atoms with E-state index < -0.39 is 15.6 Å². The number of amides is 1. The van der Waals surface area contributed by atoms with E-state index in [-0.39, 0.29) is 18.4 Å². The van der Waals surface area contributed by atoms with Gasteiger partial charge in [0.25, 0.3) is 5.91 Å². The molecule has 9 heteroatoms. The Morgan fingerprint density at radius 2 is 2.04 bits per heavy atom. The number of fused-ring (bicyclic) bond motifs is 1. The van der Waals surface area contributed by atoms with Gasteiger partial charge in [-0.3, -0.25) is 4.79 Å². The van der Waals surface area contributed by atoms with E-state index in [0.29, 0.717) is 41.7 Å². The SMILES string of the molecule is CS(=O)(=O)N1CC[C@]2(O)CCN(C(=O)c3ccc(Cl)s3)C[C@@H]2C1. The molecule has 2 saturated heterocycles. The Balaban J connectivity index is 1.75. The molecule has 3 rings (SSSR count). The van der Waals surface area contributed by atoms with Gasteiger partial charge in [0, 0.05) is 32.1 Å².